The van der Waals surface area contributed by atoms with E-state index in [9.17, 15) is 0 Å². The summed E-state index contributed by atoms with van der Waals surface area (Å²) in [5.41, 5.74) is 12.2. The van der Waals surface area contributed by atoms with Gasteiger partial charge in [-0.1, -0.05) is 48.5 Å². The molecule has 0 fully saturated rings. The number of hydrogen-bond acceptors (Lipinski definition) is 2. The number of hydrogen-bond donors (Lipinski definition) is 3. The zero-order valence-corrected chi connectivity index (χ0v) is 8.93. The van der Waals surface area contributed by atoms with Crippen molar-refractivity contribution in [3.8, 4) is 0 Å². The highest BCUT2D eigenvalue weighted by molar-refractivity contribution is 5.94. The van der Waals surface area contributed by atoms with Crippen LogP contribution < -0.4 is 11.5 Å². The Morgan fingerprint density at radius 2 is 1.25 bits per heavy atom. The van der Waals surface area contributed by atoms with E-state index in [4.69, 9.17) is 16.9 Å². The van der Waals surface area contributed by atoms with Gasteiger partial charge in [0.1, 0.15) is 5.84 Å². The van der Waals surface area contributed by atoms with Gasteiger partial charge in [0.25, 0.3) is 0 Å². The van der Waals surface area contributed by atoms with E-state index in [1.807, 2.05) is 60.7 Å². The van der Waals surface area contributed by atoms with Crippen molar-refractivity contribution < 1.29 is 0 Å². The lowest BCUT2D eigenvalue weighted by Crippen LogP contribution is -2.10. The van der Waals surface area contributed by atoms with Crippen molar-refractivity contribution in [3.05, 3.63) is 66.2 Å². The minimum absolute atomic E-state index is 0.121. The van der Waals surface area contributed by atoms with Crippen LogP contribution in [0, 0.1) is 5.41 Å². The molecule has 0 aromatic heterocycles. The summed E-state index contributed by atoms with van der Waals surface area (Å²) in [6, 6.07) is 18.7. The zero-order valence-electron chi connectivity index (χ0n) is 8.93. The molecule has 3 nitrogen and oxygen atoms in total. The number of nitrogens with one attached hydrogen (secondary N) is 1. The second kappa shape index (κ2) is 6.24. The van der Waals surface area contributed by atoms with E-state index in [0.29, 0.717) is 0 Å². The third-order valence-electron chi connectivity index (χ3n) is 1.88. The predicted molar refractivity (Wildman–Crippen MR) is 68.3 cm³/mol. The van der Waals surface area contributed by atoms with Crippen LogP contribution in [0.4, 0.5) is 5.69 Å². The van der Waals surface area contributed by atoms with Crippen molar-refractivity contribution in [3.63, 3.8) is 0 Å². The summed E-state index contributed by atoms with van der Waals surface area (Å²) >= 11 is 0. The molecule has 0 atom stereocenters. The summed E-state index contributed by atoms with van der Waals surface area (Å²) in [6.07, 6.45) is 0. The number of anilines is 1. The SMILES string of the molecule is N=C(N)c1ccccc1.Nc1ccccc1. The normalized spacial score (nSPS) is 8.75. The third kappa shape index (κ3) is 4.28. The maximum Gasteiger partial charge on any atom is 0.122 e. The van der Waals surface area contributed by atoms with E-state index in [2.05, 4.69) is 0 Å². The summed E-state index contributed by atoms with van der Waals surface area (Å²) < 4.78 is 0. The fraction of sp³-hybridized carbons (Fsp3) is 0. The largest absolute Gasteiger partial charge is 0.399 e. The van der Waals surface area contributed by atoms with E-state index in [1.54, 1.807) is 0 Å². The molecule has 82 valence electrons. The highest BCUT2D eigenvalue weighted by Crippen LogP contribution is 1.96. The van der Waals surface area contributed by atoms with Crippen LogP contribution in [0.1, 0.15) is 5.56 Å². The van der Waals surface area contributed by atoms with Crippen molar-refractivity contribution in [2.24, 2.45) is 5.73 Å². The van der Waals surface area contributed by atoms with Crippen LogP contribution >= 0.6 is 0 Å². The van der Waals surface area contributed by atoms with Crippen LogP contribution in [0.15, 0.2) is 60.7 Å². The lowest BCUT2D eigenvalue weighted by Gasteiger charge is -1.93. The predicted octanol–water partition coefficient (Wildman–Crippen LogP) is 2.24. The lowest BCUT2D eigenvalue weighted by molar-refractivity contribution is 1.42. The van der Waals surface area contributed by atoms with Crippen LogP contribution in [0.25, 0.3) is 0 Å². The average Bonchev–Trinajstić information content (AvgIpc) is 2.32. The fourth-order valence-electron chi connectivity index (χ4n) is 1.07. The van der Waals surface area contributed by atoms with Gasteiger partial charge in [-0.25, -0.2) is 0 Å². The van der Waals surface area contributed by atoms with Gasteiger partial charge in [0.15, 0.2) is 0 Å². The van der Waals surface area contributed by atoms with Gasteiger partial charge in [-0.3, -0.25) is 5.41 Å². The Morgan fingerprint density at radius 3 is 1.50 bits per heavy atom. The maximum absolute atomic E-state index is 7.01. The average molecular weight is 213 g/mol. The number of amidine groups is 1. The van der Waals surface area contributed by atoms with Gasteiger partial charge in [0, 0.05) is 11.3 Å². The molecule has 2 aromatic carbocycles. The first-order valence-electron chi connectivity index (χ1n) is 4.90. The van der Waals surface area contributed by atoms with E-state index in [-0.39, 0.29) is 5.84 Å². The lowest BCUT2D eigenvalue weighted by atomic mass is 10.2. The molecule has 0 saturated heterocycles. The summed E-state index contributed by atoms with van der Waals surface area (Å²) in [7, 11) is 0. The van der Waals surface area contributed by atoms with Crippen LogP contribution in [-0.4, -0.2) is 5.84 Å². The van der Waals surface area contributed by atoms with Crippen LogP contribution in [0.2, 0.25) is 0 Å². The summed E-state index contributed by atoms with van der Waals surface area (Å²) in [4.78, 5) is 0. The molecule has 0 unspecified atom stereocenters. The van der Waals surface area contributed by atoms with Gasteiger partial charge in [0.2, 0.25) is 0 Å². The standard InChI is InChI=1S/C7H8N2.C6H7N/c8-7(9)6-4-2-1-3-5-6;7-6-4-2-1-3-5-6/h1-5H,(H3,8,9);1-5H,7H2. The number of nitrogen functional groups attached to an aromatic ring is 2. The van der Waals surface area contributed by atoms with E-state index in [1.165, 1.54) is 0 Å². The molecule has 0 bridgehead atoms. The topological polar surface area (TPSA) is 75.9 Å². The minimum atomic E-state index is 0.121. The van der Waals surface area contributed by atoms with Crippen molar-refractivity contribution in [1.82, 2.24) is 0 Å². The summed E-state index contributed by atoms with van der Waals surface area (Å²) in [5, 5.41) is 7.01. The van der Waals surface area contributed by atoms with Crippen molar-refractivity contribution >= 4 is 11.5 Å². The first-order valence-corrected chi connectivity index (χ1v) is 4.90. The van der Waals surface area contributed by atoms with Crippen LogP contribution in [0.5, 0.6) is 0 Å². The highest BCUT2D eigenvalue weighted by Gasteiger charge is 1.89. The number of rotatable bonds is 1. The molecule has 0 aliphatic heterocycles. The second-order valence-electron chi connectivity index (χ2n) is 3.19. The fourth-order valence-corrected chi connectivity index (χ4v) is 1.07. The van der Waals surface area contributed by atoms with Gasteiger partial charge in [-0.05, 0) is 12.1 Å². The number of para-hydroxylation sites is 1. The summed E-state index contributed by atoms with van der Waals surface area (Å²) in [6.45, 7) is 0. The van der Waals surface area contributed by atoms with Crippen LogP contribution in [0.3, 0.4) is 0 Å². The molecule has 0 radical (unpaired) electrons. The van der Waals surface area contributed by atoms with Gasteiger partial charge in [0.05, 0.1) is 0 Å². The zero-order chi connectivity index (χ0) is 11.8. The molecule has 5 N–H and O–H groups in total. The molecule has 0 spiro atoms. The summed E-state index contributed by atoms with van der Waals surface area (Å²) in [5.74, 6) is 0.121. The monoisotopic (exact) mass is 213 g/mol. The van der Waals surface area contributed by atoms with Gasteiger partial charge in [-0.15, -0.1) is 0 Å². The quantitative estimate of drug-likeness (QED) is 0.386. The molecule has 16 heavy (non-hydrogen) atoms. The van der Waals surface area contributed by atoms with E-state index >= 15 is 0 Å². The Labute approximate surface area is 95.2 Å². The maximum atomic E-state index is 7.01. The Kier molecular flexibility index (Phi) is 4.60. The minimum Gasteiger partial charge on any atom is -0.399 e. The molecule has 0 aliphatic carbocycles. The molecule has 3 heteroatoms. The van der Waals surface area contributed by atoms with E-state index < -0.39 is 0 Å². The Bertz CT molecular complexity index is 423. The molecular weight excluding hydrogens is 198 g/mol. The van der Waals surface area contributed by atoms with Gasteiger partial charge in [-0.2, -0.15) is 0 Å². The highest BCUT2D eigenvalue weighted by atomic mass is 14.7. The smallest absolute Gasteiger partial charge is 0.122 e. The molecule has 0 heterocycles. The Hall–Kier alpha value is -2.29. The van der Waals surface area contributed by atoms with Crippen molar-refractivity contribution in [1.29, 1.82) is 5.41 Å². The molecule has 2 aromatic rings. The number of benzene rings is 2. The first kappa shape index (κ1) is 11.8. The molecule has 2 rings (SSSR count). The molecule has 0 amide bonds. The second-order valence-corrected chi connectivity index (χ2v) is 3.19. The first-order chi connectivity index (χ1) is 7.70. The Morgan fingerprint density at radius 1 is 0.812 bits per heavy atom. The van der Waals surface area contributed by atoms with Crippen LogP contribution in [-0.2, 0) is 0 Å². The van der Waals surface area contributed by atoms with Crippen molar-refractivity contribution in [2.75, 3.05) is 5.73 Å². The number of nitrogens with two attached hydrogens (primary N) is 2. The van der Waals surface area contributed by atoms with Gasteiger partial charge >= 0.3 is 0 Å². The molecule has 0 saturated carbocycles. The molecular formula is C13H15N3. The van der Waals surface area contributed by atoms with Crippen molar-refractivity contribution in [2.45, 2.75) is 0 Å². The third-order valence-corrected chi connectivity index (χ3v) is 1.88. The molecule has 0 aliphatic rings. The van der Waals surface area contributed by atoms with E-state index in [0.717, 1.165) is 11.3 Å². The Balaban J connectivity index is 0.000000165. The van der Waals surface area contributed by atoms with Gasteiger partial charge < -0.3 is 11.5 Å².